The van der Waals surface area contributed by atoms with Crippen LogP contribution in [-0.4, -0.2) is 30.0 Å². The minimum atomic E-state index is -4.09. The first-order valence-electron chi connectivity index (χ1n) is 5.05. The standard InChI is InChI=1S/C11H9BrO5S/c12-8-3-1-2-4-9(8)18(16,17)11(10(14)15)5-7(13)6-11/h1-4H,5-6H2,(H,14,15). The summed E-state index contributed by atoms with van der Waals surface area (Å²) in [6.45, 7) is 0. The molecule has 1 saturated carbocycles. The quantitative estimate of drug-likeness (QED) is 0.903. The number of hydrogen-bond donors (Lipinski definition) is 1. The molecule has 0 bridgehead atoms. The monoisotopic (exact) mass is 332 g/mol. The Balaban J connectivity index is 2.59. The summed E-state index contributed by atoms with van der Waals surface area (Å²) in [7, 11) is -4.09. The molecule has 0 heterocycles. The van der Waals surface area contributed by atoms with Gasteiger partial charge in [-0.05, 0) is 28.1 Å². The molecule has 0 aromatic heterocycles. The molecule has 1 fully saturated rings. The molecule has 96 valence electrons. The summed E-state index contributed by atoms with van der Waals surface area (Å²) in [5.74, 6) is -1.83. The summed E-state index contributed by atoms with van der Waals surface area (Å²) in [4.78, 5) is 22.2. The smallest absolute Gasteiger partial charge is 0.326 e. The van der Waals surface area contributed by atoms with Gasteiger partial charge in [-0.2, -0.15) is 0 Å². The summed E-state index contributed by atoms with van der Waals surface area (Å²) in [6, 6.07) is 5.98. The molecular weight excluding hydrogens is 324 g/mol. The van der Waals surface area contributed by atoms with E-state index in [9.17, 15) is 18.0 Å². The van der Waals surface area contributed by atoms with Crippen LogP contribution in [0.1, 0.15) is 12.8 Å². The first-order chi connectivity index (χ1) is 8.31. The normalized spacial score (nSPS) is 18.2. The lowest BCUT2D eigenvalue weighted by Crippen LogP contribution is -2.56. The van der Waals surface area contributed by atoms with Crippen LogP contribution < -0.4 is 0 Å². The number of carboxylic acids is 1. The molecule has 2 rings (SSSR count). The highest BCUT2D eigenvalue weighted by molar-refractivity contribution is 9.10. The minimum Gasteiger partial charge on any atom is -0.480 e. The zero-order valence-corrected chi connectivity index (χ0v) is 11.5. The number of aliphatic carboxylic acids is 1. The van der Waals surface area contributed by atoms with E-state index in [2.05, 4.69) is 15.9 Å². The summed E-state index contributed by atoms with van der Waals surface area (Å²) in [6.07, 6.45) is -0.933. The van der Waals surface area contributed by atoms with Gasteiger partial charge < -0.3 is 5.11 Å². The zero-order valence-electron chi connectivity index (χ0n) is 9.09. The minimum absolute atomic E-state index is 0.0973. The third-order valence-corrected chi connectivity index (χ3v) is 6.38. The van der Waals surface area contributed by atoms with Crippen LogP contribution in [0.25, 0.3) is 0 Å². The fourth-order valence-electron chi connectivity index (χ4n) is 1.91. The van der Waals surface area contributed by atoms with Crippen molar-refractivity contribution in [2.24, 2.45) is 0 Å². The van der Waals surface area contributed by atoms with E-state index in [-0.39, 0.29) is 10.7 Å². The number of benzene rings is 1. The number of hydrogen-bond acceptors (Lipinski definition) is 4. The van der Waals surface area contributed by atoms with E-state index in [0.29, 0.717) is 4.47 Å². The molecule has 0 aliphatic heterocycles. The summed E-state index contributed by atoms with van der Waals surface area (Å²) >= 11 is 3.09. The highest BCUT2D eigenvalue weighted by Crippen LogP contribution is 2.42. The number of sulfone groups is 1. The van der Waals surface area contributed by atoms with Gasteiger partial charge in [0.25, 0.3) is 0 Å². The Hall–Kier alpha value is -1.21. The fraction of sp³-hybridized carbons (Fsp3) is 0.273. The number of rotatable bonds is 3. The summed E-state index contributed by atoms with van der Waals surface area (Å²) in [5, 5.41) is 9.14. The molecule has 0 atom stereocenters. The molecule has 1 aliphatic rings. The molecule has 18 heavy (non-hydrogen) atoms. The Morgan fingerprint density at radius 1 is 1.28 bits per heavy atom. The molecule has 1 aromatic carbocycles. The van der Waals surface area contributed by atoms with Crippen molar-refractivity contribution in [3.05, 3.63) is 28.7 Å². The second-order valence-electron chi connectivity index (χ2n) is 4.13. The van der Waals surface area contributed by atoms with Crippen molar-refractivity contribution in [1.29, 1.82) is 0 Å². The van der Waals surface area contributed by atoms with Crippen LogP contribution in [-0.2, 0) is 19.4 Å². The van der Waals surface area contributed by atoms with Gasteiger partial charge in [0.05, 0.1) is 4.90 Å². The number of halogens is 1. The summed E-state index contributed by atoms with van der Waals surface area (Å²) in [5.41, 5.74) is 0. The predicted octanol–water partition coefficient (Wildman–Crippen LogP) is 1.41. The van der Waals surface area contributed by atoms with Crippen molar-refractivity contribution >= 4 is 37.5 Å². The van der Waals surface area contributed by atoms with Gasteiger partial charge in [0.15, 0.2) is 14.6 Å². The Kier molecular flexibility index (Phi) is 3.06. The van der Waals surface area contributed by atoms with Gasteiger partial charge in [0.1, 0.15) is 5.78 Å². The van der Waals surface area contributed by atoms with E-state index in [4.69, 9.17) is 5.11 Å². The highest BCUT2D eigenvalue weighted by Gasteiger charge is 2.60. The van der Waals surface area contributed by atoms with Gasteiger partial charge in [-0.3, -0.25) is 9.59 Å². The van der Waals surface area contributed by atoms with Crippen LogP contribution in [0.4, 0.5) is 0 Å². The van der Waals surface area contributed by atoms with Gasteiger partial charge in [-0.1, -0.05) is 12.1 Å². The number of carbonyl (C=O) groups is 2. The largest absolute Gasteiger partial charge is 0.480 e. The first kappa shape index (κ1) is 13.2. The molecule has 1 N–H and O–H groups in total. The average Bonchev–Trinajstić information content (AvgIpc) is 2.24. The van der Waals surface area contributed by atoms with Crippen molar-refractivity contribution in [2.45, 2.75) is 22.5 Å². The highest BCUT2D eigenvalue weighted by atomic mass is 79.9. The maximum atomic E-state index is 12.4. The lowest BCUT2D eigenvalue weighted by molar-refractivity contribution is -0.147. The van der Waals surface area contributed by atoms with Crippen LogP contribution in [0.2, 0.25) is 0 Å². The third kappa shape index (κ3) is 1.69. The van der Waals surface area contributed by atoms with E-state index >= 15 is 0 Å². The van der Waals surface area contributed by atoms with E-state index in [0.717, 1.165) is 0 Å². The Bertz CT molecular complexity index is 627. The number of Topliss-reactive ketones (excluding diaryl/α,β-unsaturated/α-hetero) is 1. The lowest BCUT2D eigenvalue weighted by atomic mass is 9.83. The molecule has 0 amide bonds. The van der Waals surface area contributed by atoms with Crippen LogP contribution in [0, 0.1) is 0 Å². The van der Waals surface area contributed by atoms with Crippen molar-refractivity contribution in [1.82, 2.24) is 0 Å². The van der Waals surface area contributed by atoms with E-state index in [1.54, 1.807) is 6.07 Å². The molecule has 0 radical (unpaired) electrons. The maximum absolute atomic E-state index is 12.4. The predicted molar refractivity (Wildman–Crippen MR) is 65.9 cm³/mol. The van der Waals surface area contributed by atoms with Gasteiger partial charge >= 0.3 is 5.97 Å². The Morgan fingerprint density at radius 2 is 1.83 bits per heavy atom. The van der Waals surface area contributed by atoms with Gasteiger partial charge in [0, 0.05) is 17.3 Å². The Morgan fingerprint density at radius 3 is 2.28 bits per heavy atom. The SMILES string of the molecule is O=C1CC(C(=O)O)(S(=O)(=O)c2ccccc2Br)C1. The third-order valence-electron chi connectivity index (χ3n) is 3.00. The zero-order chi connectivity index (χ0) is 13.6. The fourth-order valence-corrected chi connectivity index (χ4v) is 4.77. The number of ketones is 1. The van der Waals surface area contributed by atoms with Gasteiger partial charge in [0.2, 0.25) is 0 Å². The molecule has 0 spiro atoms. The summed E-state index contributed by atoms with van der Waals surface area (Å²) < 4.78 is 23.1. The van der Waals surface area contributed by atoms with Crippen LogP contribution in [0.15, 0.2) is 33.6 Å². The van der Waals surface area contributed by atoms with Crippen LogP contribution in [0.3, 0.4) is 0 Å². The second-order valence-corrected chi connectivity index (χ2v) is 7.21. The van der Waals surface area contributed by atoms with Crippen molar-refractivity contribution < 1.29 is 23.1 Å². The maximum Gasteiger partial charge on any atom is 0.326 e. The molecule has 5 nitrogen and oxygen atoms in total. The lowest BCUT2D eigenvalue weighted by Gasteiger charge is -2.35. The van der Waals surface area contributed by atoms with Crippen LogP contribution in [0.5, 0.6) is 0 Å². The number of carboxylic acid groups (broad SMARTS) is 1. The molecule has 1 aliphatic carbocycles. The van der Waals surface area contributed by atoms with Crippen molar-refractivity contribution in [3.63, 3.8) is 0 Å². The Labute approximate surface area is 112 Å². The molecule has 1 aromatic rings. The molecular formula is C11H9BrO5S. The molecule has 0 unspecified atom stereocenters. The topological polar surface area (TPSA) is 88.5 Å². The van der Waals surface area contributed by atoms with E-state index in [1.165, 1.54) is 18.2 Å². The average molecular weight is 333 g/mol. The van der Waals surface area contributed by atoms with Crippen LogP contribution >= 0.6 is 15.9 Å². The number of carbonyl (C=O) groups excluding carboxylic acids is 1. The van der Waals surface area contributed by atoms with Crippen molar-refractivity contribution in [2.75, 3.05) is 0 Å². The van der Waals surface area contributed by atoms with E-state index < -0.39 is 33.4 Å². The molecule has 0 saturated heterocycles. The van der Waals surface area contributed by atoms with Gasteiger partial charge in [-0.25, -0.2) is 8.42 Å². The van der Waals surface area contributed by atoms with Crippen molar-refractivity contribution in [3.8, 4) is 0 Å². The van der Waals surface area contributed by atoms with Gasteiger partial charge in [-0.15, -0.1) is 0 Å². The molecule has 7 heteroatoms. The first-order valence-corrected chi connectivity index (χ1v) is 7.33. The van der Waals surface area contributed by atoms with E-state index in [1.807, 2.05) is 0 Å². The second kappa shape index (κ2) is 4.17.